The van der Waals surface area contributed by atoms with Gasteiger partial charge in [0.1, 0.15) is 11.5 Å². The molecule has 0 aliphatic rings. The van der Waals surface area contributed by atoms with Crippen molar-refractivity contribution in [1.29, 1.82) is 0 Å². The van der Waals surface area contributed by atoms with Crippen LogP contribution in [0.2, 0.25) is 0 Å². The van der Waals surface area contributed by atoms with Gasteiger partial charge in [-0.15, -0.1) is 11.3 Å². The third-order valence-corrected chi connectivity index (χ3v) is 3.95. The molecule has 3 aromatic rings. The lowest BCUT2D eigenvalue weighted by molar-refractivity contribution is 0.394. The number of oxazole rings is 1. The van der Waals surface area contributed by atoms with Crippen LogP contribution in [-0.2, 0) is 6.54 Å². The van der Waals surface area contributed by atoms with Crippen molar-refractivity contribution < 1.29 is 8.83 Å². The molecule has 0 amide bonds. The quantitative estimate of drug-likeness (QED) is 0.766. The van der Waals surface area contributed by atoms with Crippen molar-refractivity contribution in [2.45, 2.75) is 26.4 Å². The van der Waals surface area contributed by atoms with E-state index in [9.17, 15) is 0 Å². The second-order valence-electron chi connectivity index (χ2n) is 4.65. The molecule has 0 bridgehead atoms. The number of hydrogen-bond donors (Lipinski definition) is 1. The molecule has 4 nitrogen and oxygen atoms in total. The zero-order chi connectivity index (χ0) is 13.9. The Morgan fingerprint density at radius 2 is 2.20 bits per heavy atom. The van der Waals surface area contributed by atoms with Crippen molar-refractivity contribution >= 4 is 11.3 Å². The molecule has 0 fully saturated rings. The maximum atomic E-state index is 5.73. The molecule has 104 valence electrons. The van der Waals surface area contributed by atoms with Crippen molar-refractivity contribution in [1.82, 2.24) is 10.3 Å². The molecule has 3 rings (SSSR count). The van der Waals surface area contributed by atoms with E-state index in [1.54, 1.807) is 17.5 Å². The molecule has 0 saturated carbocycles. The SMILES string of the molecule is Cc1ccc([C@H](C)NCc2ncc(-c3cccs3)o2)o1. The maximum absolute atomic E-state index is 5.73. The lowest BCUT2D eigenvalue weighted by atomic mass is 10.2. The number of furan rings is 1. The molecular weight excluding hydrogens is 272 g/mol. The van der Waals surface area contributed by atoms with Gasteiger partial charge in [-0.1, -0.05) is 6.07 Å². The fourth-order valence-electron chi connectivity index (χ4n) is 1.95. The number of thiophene rings is 1. The molecule has 0 saturated heterocycles. The largest absolute Gasteiger partial charge is 0.465 e. The Balaban J connectivity index is 1.61. The Kier molecular flexibility index (Phi) is 3.71. The molecule has 0 aliphatic heterocycles. The van der Waals surface area contributed by atoms with Crippen molar-refractivity contribution in [2.24, 2.45) is 0 Å². The van der Waals surface area contributed by atoms with Crippen LogP contribution in [-0.4, -0.2) is 4.98 Å². The Hall–Kier alpha value is -1.85. The Labute approximate surface area is 121 Å². The minimum Gasteiger partial charge on any atom is -0.465 e. The van der Waals surface area contributed by atoms with Gasteiger partial charge in [-0.05, 0) is 37.4 Å². The monoisotopic (exact) mass is 288 g/mol. The van der Waals surface area contributed by atoms with Crippen molar-refractivity contribution in [3.05, 3.63) is 53.3 Å². The van der Waals surface area contributed by atoms with Gasteiger partial charge in [0.2, 0.25) is 5.89 Å². The van der Waals surface area contributed by atoms with Crippen molar-refractivity contribution in [3.63, 3.8) is 0 Å². The van der Waals surface area contributed by atoms with E-state index in [0.29, 0.717) is 12.4 Å². The number of rotatable bonds is 5. The van der Waals surface area contributed by atoms with Gasteiger partial charge in [0.15, 0.2) is 5.76 Å². The zero-order valence-electron chi connectivity index (χ0n) is 11.4. The highest BCUT2D eigenvalue weighted by Crippen LogP contribution is 2.25. The van der Waals surface area contributed by atoms with Gasteiger partial charge < -0.3 is 8.83 Å². The predicted octanol–water partition coefficient (Wildman–Crippen LogP) is 4.16. The fraction of sp³-hybridized carbons (Fsp3) is 0.267. The molecule has 1 atom stereocenters. The van der Waals surface area contributed by atoms with Gasteiger partial charge in [-0.2, -0.15) is 0 Å². The van der Waals surface area contributed by atoms with Crippen LogP contribution in [0.25, 0.3) is 10.6 Å². The van der Waals surface area contributed by atoms with E-state index >= 15 is 0 Å². The van der Waals surface area contributed by atoms with Gasteiger partial charge in [0.25, 0.3) is 0 Å². The molecule has 3 heterocycles. The average Bonchev–Trinajstić information content (AvgIpc) is 3.16. The number of aromatic nitrogens is 1. The Morgan fingerprint density at radius 1 is 1.30 bits per heavy atom. The first kappa shape index (κ1) is 13.1. The van der Waals surface area contributed by atoms with Crippen LogP contribution >= 0.6 is 11.3 Å². The third-order valence-electron chi connectivity index (χ3n) is 3.06. The van der Waals surface area contributed by atoms with Gasteiger partial charge in [0, 0.05) is 0 Å². The summed E-state index contributed by atoms with van der Waals surface area (Å²) in [6.07, 6.45) is 1.77. The summed E-state index contributed by atoms with van der Waals surface area (Å²) >= 11 is 1.64. The molecule has 3 aromatic heterocycles. The summed E-state index contributed by atoms with van der Waals surface area (Å²) in [5.41, 5.74) is 0. The van der Waals surface area contributed by atoms with Gasteiger partial charge in [0.05, 0.1) is 23.7 Å². The number of aryl methyl sites for hydroxylation is 1. The average molecular weight is 288 g/mol. The number of nitrogens with one attached hydrogen (secondary N) is 1. The van der Waals surface area contributed by atoms with E-state index in [-0.39, 0.29) is 6.04 Å². The molecule has 0 aliphatic carbocycles. The lowest BCUT2D eigenvalue weighted by Crippen LogP contribution is -2.17. The summed E-state index contributed by atoms with van der Waals surface area (Å²) in [6, 6.07) is 8.10. The maximum Gasteiger partial charge on any atom is 0.208 e. The highest BCUT2D eigenvalue weighted by atomic mass is 32.1. The number of nitrogens with zero attached hydrogens (tertiary/aromatic N) is 1. The van der Waals surface area contributed by atoms with E-state index < -0.39 is 0 Å². The highest BCUT2D eigenvalue weighted by Gasteiger charge is 2.11. The summed E-state index contributed by atoms with van der Waals surface area (Å²) in [5, 5.41) is 5.37. The van der Waals surface area contributed by atoms with Crippen LogP contribution in [0.3, 0.4) is 0 Å². The summed E-state index contributed by atoms with van der Waals surface area (Å²) in [7, 11) is 0. The molecule has 0 spiro atoms. The third kappa shape index (κ3) is 2.84. The summed E-state index contributed by atoms with van der Waals surface area (Å²) in [6.45, 7) is 4.57. The minimum atomic E-state index is 0.126. The van der Waals surface area contributed by atoms with Crippen LogP contribution < -0.4 is 5.32 Å². The van der Waals surface area contributed by atoms with Gasteiger partial charge in [-0.25, -0.2) is 4.98 Å². The predicted molar refractivity (Wildman–Crippen MR) is 78.5 cm³/mol. The van der Waals surface area contributed by atoms with E-state index in [4.69, 9.17) is 8.83 Å². The lowest BCUT2D eigenvalue weighted by Gasteiger charge is -2.09. The standard InChI is InChI=1S/C15H16N2O2S/c1-10-5-6-12(18-10)11(2)16-9-15-17-8-13(19-15)14-4-3-7-20-14/h3-8,11,16H,9H2,1-2H3/t11-/m0/s1. The van der Waals surface area contributed by atoms with E-state index in [2.05, 4.69) is 17.2 Å². The first-order valence-electron chi connectivity index (χ1n) is 6.50. The smallest absolute Gasteiger partial charge is 0.208 e. The first-order chi connectivity index (χ1) is 9.72. The Bertz CT molecular complexity index is 670. The van der Waals surface area contributed by atoms with Crippen LogP contribution in [0.1, 0.15) is 30.4 Å². The van der Waals surface area contributed by atoms with Gasteiger partial charge in [-0.3, -0.25) is 5.32 Å². The normalized spacial score (nSPS) is 12.7. The molecule has 20 heavy (non-hydrogen) atoms. The van der Waals surface area contributed by atoms with Crippen molar-refractivity contribution in [3.8, 4) is 10.6 Å². The molecule has 1 N–H and O–H groups in total. The van der Waals surface area contributed by atoms with Crippen LogP contribution in [0.15, 0.2) is 44.7 Å². The van der Waals surface area contributed by atoms with Crippen LogP contribution in [0.5, 0.6) is 0 Å². The highest BCUT2D eigenvalue weighted by molar-refractivity contribution is 7.13. The van der Waals surface area contributed by atoms with Crippen molar-refractivity contribution in [2.75, 3.05) is 0 Å². The summed E-state index contributed by atoms with van der Waals surface area (Å²) < 4.78 is 11.3. The van der Waals surface area contributed by atoms with E-state index in [1.807, 2.05) is 36.6 Å². The van der Waals surface area contributed by atoms with E-state index in [0.717, 1.165) is 22.2 Å². The molecule has 0 radical (unpaired) electrons. The van der Waals surface area contributed by atoms with Crippen LogP contribution in [0, 0.1) is 6.92 Å². The first-order valence-corrected chi connectivity index (χ1v) is 7.38. The fourth-order valence-corrected chi connectivity index (χ4v) is 2.62. The zero-order valence-corrected chi connectivity index (χ0v) is 12.2. The summed E-state index contributed by atoms with van der Waals surface area (Å²) in [5.74, 6) is 3.35. The topological polar surface area (TPSA) is 51.2 Å². The second kappa shape index (κ2) is 5.64. The summed E-state index contributed by atoms with van der Waals surface area (Å²) in [4.78, 5) is 5.39. The minimum absolute atomic E-state index is 0.126. The Morgan fingerprint density at radius 3 is 2.90 bits per heavy atom. The molecule has 5 heteroatoms. The molecular formula is C15H16N2O2S. The van der Waals surface area contributed by atoms with Crippen LogP contribution in [0.4, 0.5) is 0 Å². The van der Waals surface area contributed by atoms with Gasteiger partial charge >= 0.3 is 0 Å². The number of hydrogen-bond acceptors (Lipinski definition) is 5. The molecule has 0 aromatic carbocycles. The second-order valence-corrected chi connectivity index (χ2v) is 5.59. The molecule has 0 unspecified atom stereocenters. The van der Waals surface area contributed by atoms with E-state index in [1.165, 1.54) is 0 Å².